The number of halogens is 4. The molecule has 0 spiro atoms. The van der Waals surface area contributed by atoms with E-state index in [-0.39, 0.29) is 12.2 Å². The molecule has 0 radical (unpaired) electrons. The fraction of sp³-hybridized carbons (Fsp3) is 0.250. The second-order valence-corrected chi connectivity index (χ2v) is 2.83. The van der Waals surface area contributed by atoms with E-state index in [4.69, 9.17) is 10.8 Å². The monoisotopic (exact) mass is 254 g/mol. The Balaban J connectivity index is 3.32. The molecular formula is C8H6F4N2O3. The molecule has 0 saturated heterocycles. The first kappa shape index (κ1) is 13.2. The Labute approximate surface area is 91.8 Å². The van der Waals surface area contributed by atoms with Gasteiger partial charge < -0.3 is 15.6 Å². The number of ether oxygens (including phenoxy) is 1. The zero-order valence-corrected chi connectivity index (χ0v) is 8.08. The molecule has 0 bridgehead atoms. The van der Waals surface area contributed by atoms with Crippen LogP contribution in [0.15, 0.2) is 6.07 Å². The van der Waals surface area contributed by atoms with Gasteiger partial charge in [0, 0.05) is 12.6 Å². The van der Waals surface area contributed by atoms with Gasteiger partial charge in [-0.3, -0.25) is 0 Å². The van der Waals surface area contributed by atoms with Crippen LogP contribution < -0.4 is 10.5 Å². The molecule has 3 N–H and O–H groups in total. The van der Waals surface area contributed by atoms with Crippen molar-refractivity contribution in [2.45, 2.75) is 12.9 Å². The third-order valence-electron chi connectivity index (χ3n) is 1.64. The Morgan fingerprint density at radius 3 is 2.53 bits per heavy atom. The molecule has 0 amide bonds. The van der Waals surface area contributed by atoms with Crippen molar-refractivity contribution < 1.29 is 32.2 Å². The summed E-state index contributed by atoms with van der Waals surface area (Å²) >= 11 is 0. The number of rotatable bonds is 3. The van der Waals surface area contributed by atoms with Crippen LogP contribution in [-0.4, -0.2) is 22.4 Å². The van der Waals surface area contributed by atoms with Crippen molar-refractivity contribution >= 4 is 5.97 Å². The van der Waals surface area contributed by atoms with Gasteiger partial charge in [-0.1, -0.05) is 0 Å². The molecule has 94 valence electrons. The molecule has 0 atom stereocenters. The largest absolute Gasteiger partial charge is 0.573 e. The Kier molecular flexibility index (Phi) is 3.51. The number of pyridine rings is 1. The second-order valence-electron chi connectivity index (χ2n) is 2.83. The number of aromatic carboxylic acids is 1. The number of carboxylic acid groups (broad SMARTS) is 1. The van der Waals surface area contributed by atoms with Crippen molar-refractivity contribution in [3.05, 3.63) is 23.3 Å². The van der Waals surface area contributed by atoms with E-state index >= 15 is 0 Å². The molecule has 5 nitrogen and oxygen atoms in total. The van der Waals surface area contributed by atoms with Gasteiger partial charge in [-0.05, 0) is 0 Å². The van der Waals surface area contributed by atoms with Crippen LogP contribution in [0.4, 0.5) is 17.6 Å². The van der Waals surface area contributed by atoms with E-state index in [2.05, 4.69) is 9.72 Å². The van der Waals surface area contributed by atoms with Gasteiger partial charge in [0.15, 0.2) is 11.3 Å². The zero-order valence-electron chi connectivity index (χ0n) is 8.08. The highest BCUT2D eigenvalue weighted by atomic mass is 19.4. The number of aromatic nitrogens is 1. The van der Waals surface area contributed by atoms with Crippen molar-refractivity contribution in [3.8, 4) is 5.75 Å². The van der Waals surface area contributed by atoms with Crippen molar-refractivity contribution in [3.63, 3.8) is 0 Å². The predicted molar refractivity (Wildman–Crippen MR) is 45.7 cm³/mol. The maximum absolute atomic E-state index is 13.1. The minimum atomic E-state index is -5.14. The molecule has 0 aliphatic carbocycles. The summed E-state index contributed by atoms with van der Waals surface area (Å²) < 4.78 is 52.4. The van der Waals surface area contributed by atoms with Gasteiger partial charge in [0.2, 0.25) is 5.95 Å². The number of hydrogen-bond acceptors (Lipinski definition) is 4. The molecule has 1 aromatic heterocycles. The molecule has 0 aliphatic rings. The highest BCUT2D eigenvalue weighted by Gasteiger charge is 2.34. The molecule has 0 fully saturated rings. The molecule has 0 aliphatic heterocycles. The highest BCUT2D eigenvalue weighted by molar-refractivity contribution is 5.90. The first-order valence-corrected chi connectivity index (χ1v) is 4.13. The molecule has 1 heterocycles. The van der Waals surface area contributed by atoms with Gasteiger partial charge in [-0.15, -0.1) is 13.2 Å². The Morgan fingerprint density at radius 2 is 2.12 bits per heavy atom. The van der Waals surface area contributed by atoms with Crippen molar-refractivity contribution in [1.82, 2.24) is 4.98 Å². The number of alkyl halides is 3. The molecule has 0 unspecified atom stereocenters. The van der Waals surface area contributed by atoms with E-state index in [1.54, 1.807) is 0 Å². The van der Waals surface area contributed by atoms with Gasteiger partial charge in [0.1, 0.15) is 0 Å². The summed E-state index contributed by atoms with van der Waals surface area (Å²) in [5.74, 6) is -4.68. The van der Waals surface area contributed by atoms with Crippen LogP contribution in [0.5, 0.6) is 5.75 Å². The van der Waals surface area contributed by atoms with E-state index in [9.17, 15) is 22.4 Å². The SMILES string of the molecule is NCc1cc(OC(F)(F)F)c(C(=O)O)c(F)n1. The smallest absolute Gasteiger partial charge is 0.477 e. The van der Waals surface area contributed by atoms with E-state index in [0.29, 0.717) is 6.07 Å². The summed E-state index contributed by atoms with van der Waals surface area (Å²) in [5.41, 5.74) is 3.51. The third-order valence-corrected chi connectivity index (χ3v) is 1.64. The molecule has 0 aromatic carbocycles. The number of nitrogens with zero attached hydrogens (tertiary/aromatic N) is 1. The molecular weight excluding hydrogens is 248 g/mol. The van der Waals surface area contributed by atoms with Crippen LogP contribution in [0.2, 0.25) is 0 Å². The van der Waals surface area contributed by atoms with Crippen LogP contribution >= 0.6 is 0 Å². The molecule has 0 saturated carbocycles. The first-order chi connectivity index (χ1) is 7.74. The number of hydrogen-bond donors (Lipinski definition) is 2. The van der Waals surface area contributed by atoms with Crippen LogP contribution in [0.1, 0.15) is 16.1 Å². The number of carboxylic acids is 1. The summed E-state index contributed by atoms with van der Waals surface area (Å²) in [6, 6.07) is 0.625. The van der Waals surface area contributed by atoms with Crippen molar-refractivity contribution in [1.29, 1.82) is 0 Å². The highest BCUT2D eigenvalue weighted by Crippen LogP contribution is 2.28. The Hall–Kier alpha value is -1.90. The van der Waals surface area contributed by atoms with E-state index in [1.165, 1.54) is 0 Å². The van der Waals surface area contributed by atoms with Crippen LogP contribution in [0.3, 0.4) is 0 Å². The van der Waals surface area contributed by atoms with E-state index in [0.717, 1.165) is 0 Å². The van der Waals surface area contributed by atoms with Gasteiger partial charge >= 0.3 is 12.3 Å². The fourth-order valence-corrected chi connectivity index (χ4v) is 1.04. The summed E-state index contributed by atoms with van der Waals surface area (Å²) in [5, 5.41) is 8.55. The lowest BCUT2D eigenvalue weighted by Crippen LogP contribution is -2.21. The molecule has 17 heavy (non-hydrogen) atoms. The van der Waals surface area contributed by atoms with Gasteiger partial charge in [-0.2, -0.15) is 4.39 Å². The van der Waals surface area contributed by atoms with Crippen LogP contribution in [0, 0.1) is 5.95 Å². The second kappa shape index (κ2) is 4.53. The molecule has 1 rings (SSSR count). The van der Waals surface area contributed by atoms with Crippen LogP contribution in [-0.2, 0) is 6.54 Å². The number of nitrogens with two attached hydrogens (primary N) is 1. The third kappa shape index (κ3) is 3.28. The van der Waals surface area contributed by atoms with Gasteiger partial charge in [-0.25, -0.2) is 9.78 Å². The summed E-state index contributed by atoms with van der Waals surface area (Å²) in [6.45, 7) is -0.356. The molecule has 1 aromatic rings. The minimum absolute atomic E-state index is 0.258. The van der Waals surface area contributed by atoms with Gasteiger partial charge in [0.25, 0.3) is 0 Å². The predicted octanol–water partition coefficient (Wildman–Crippen LogP) is 1.28. The topological polar surface area (TPSA) is 85.4 Å². The molecule has 9 heteroatoms. The minimum Gasteiger partial charge on any atom is -0.477 e. The summed E-state index contributed by atoms with van der Waals surface area (Å²) in [6.07, 6.45) is -5.14. The average molecular weight is 254 g/mol. The Bertz CT molecular complexity index is 447. The normalized spacial score (nSPS) is 11.4. The van der Waals surface area contributed by atoms with Gasteiger partial charge in [0.05, 0.1) is 5.69 Å². The summed E-state index contributed by atoms with van der Waals surface area (Å²) in [7, 11) is 0. The van der Waals surface area contributed by atoms with Crippen molar-refractivity contribution in [2.75, 3.05) is 0 Å². The fourth-order valence-electron chi connectivity index (χ4n) is 1.04. The lowest BCUT2D eigenvalue weighted by Gasteiger charge is -2.12. The summed E-state index contributed by atoms with van der Waals surface area (Å²) in [4.78, 5) is 13.7. The zero-order chi connectivity index (χ0) is 13.2. The lowest BCUT2D eigenvalue weighted by atomic mass is 10.2. The maximum Gasteiger partial charge on any atom is 0.573 e. The standard InChI is InChI=1S/C8H6F4N2O3/c9-6-5(7(15)16)4(17-8(10,11)12)1-3(2-13)14-6/h1H,2,13H2,(H,15,16). The van der Waals surface area contributed by atoms with E-state index < -0.39 is 29.6 Å². The van der Waals surface area contributed by atoms with Crippen LogP contribution in [0.25, 0.3) is 0 Å². The number of carbonyl (C=O) groups is 1. The Morgan fingerprint density at radius 1 is 1.53 bits per heavy atom. The first-order valence-electron chi connectivity index (χ1n) is 4.13. The average Bonchev–Trinajstić information content (AvgIpc) is 2.13. The quantitative estimate of drug-likeness (QED) is 0.626. The van der Waals surface area contributed by atoms with E-state index in [1.807, 2.05) is 0 Å². The maximum atomic E-state index is 13.1. The lowest BCUT2D eigenvalue weighted by molar-refractivity contribution is -0.274. The van der Waals surface area contributed by atoms with Crippen molar-refractivity contribution in [2.24, 2.45) is 5.73 Å².